The number of amides is 5. The number of ether oxygens (including phenoxy) is 17. The van der Waals surface area contributed by atoms with E-state index in [2.05, 4.69) is 35.0 Å². The van der Waals surface area contributed by atoms with Crippen LogP contribution in [0.3, 0.4) is 0 Å². The van der Waals surface area contributed by atoms with Crippen LogP contribution in [0.15, 0.2) is 0 Å². The number of carboxylic acids is 1. The van der Waals surface area contributed by atoms with Gasteiger partial charge in [-0.15, -0.1) is 0 Å². The molecule has 0 aromatic carbocycles. The maximum Gasteiger partial charge on any atom is 0.397 e. The second-order valence-electron chi connectivity index (χ2n) is 31.3. The van der Waals surface area contributed by atoms with Gasteiger partial charge in [0.1, 0.15) is 213 Å². The second kappa shape index (κ2) is 45.7. The van der Waals surface area contributed by atoms with Crippen molar-refractivity contribution in [3.8, 4) is 0 Å². The molecule has 9 fully saturated rings. The van der Waals surface area contributed by atoms with Crippen molar-refractivity contribution in [3.63, 3.8) is 0 Å². The number of rotatable bonds is 37. The number of aliphatic hydroxyl groups is 23. The highest BCUT2D eigenvalue weighted by Gasteiger charge is 2.64. The molecule has 0 bridgehead atoms. The van der Waals surface area contributed by atoms with Crippen molar-refractivity contribution in [2.45, 2.75) is 323 Å². The van der Waals surface area contributed by atoms with Crippen molar-refractivity contribution in [2.24, 2.45) is 0 Å². The molecule has 31 N–H and O–H groups in total. The summed E-state index contributed by atoms with van der Waals surface area (Å²) in [4.78, 5) is 76.9. The third-order valence-electron chi connectivity index (χ3n) is 22.2. The topological polar surface area (TPSA) is 932 Å². The number of hydrogen-bond acceptors (Lipinski definition) is 52. The van der Waals surface area contributed by atoms with Crippen LogP contribution < -0.4 is 26.6 Å². The molecule has 9 heterocycles. The first kappa shape index (κ1) is 108. The van der Waals surface area contributed by atoms with Gasteiger partial charge in [0.25, 0.3) is 5.79 Å². The molecule has 9 rings (SSSR count). The number of carbonyl (C=O) groups is 6. The molecular weight excluding hydrogens is 1820 g/mol. The summed E-state index contributed by atoms with van der Waals surface area (Å²) in [5.41, 5.74) is 0. The SMILES string of the molecule is CC(=O)N[C@H]1[C@H](O[C@H]2[C@@H](O)[C@@H](CO)O[C@@H](O[C@H]3[C@H](O)[C@@H](NC(C)=O)[C@H](O[C@H]4[C@@H](O)[C@@H](CO)O[C@@H](O[C@H]5[C@@H](O)[C@@H](CO)OC(O)[C@@H]5NC(C)=O)[C@@H]4O)O[C@@H]3CO)[C@@H]2O)O[C@H](COS(=O)(=O)O)[C@@H](O[C@@H]2O[C@H](CO)[C@H](O)[C@H](O[C@@H]3O[C@H](COS(=O)(=O)O)[C@@H](O[C@@H]4O[C@H](CO)[C@H](O)[C@H](O[C@]5(C(=O)O)C[C@H](O)[C@@H](NC(C)=O)[C@H]([C@H](O)[C@H](O)CO)O5)[C@H]4O)[C@H](O)[C@H]3NC(C)=O)[C@H]2O)[C@@H]1O. The second-order valence-corrected chi connectivity index (χ2v) is 33.5. The van der Waals surface area contributed by atoms with Gasteiger partial charge in [-0.1, -0.05) is 0 Å². The van der Waals surface area contributed by atoms with Gasteiger partial charge in [-0.25, -0.2) is 13.2 Å². The Morgan fingerprint density at radius 1 is 0.349 bits per heavy atom. The summed E-state index contributed by atoms with van der Waals surface area (Å²) in [5, 5.41) is 281. The van der Waals surface area contributed by atoms with Crippen molar-refractivity contribution >= 4 is 56.3 Å². The van der Waals surface area contributed by atoms with E-state index in [9.17, 15) is 177 Å². The van der Waals surface area contributed by atoms with Gasteiger partial charge in [-0.2, -0.15) is 16.8 Å². The monoisotopic (exact) mass is 1930 g/mol. The molecule has 0 radical (unpaired) electrons. The summed E-state index contributed by atoms with van der Waals surface area (Å²) in [5.74, 6) is -10.6. The largest absolute Gasteiger partial charge is 0.477 e. The van der Waals surface area contributed by atoms with Gasteiger partial charge in [0.05, 0.1) is 71.6 Å². The van der Waals surface area contributed by atoms with Gasteiger partial charge >= 0.3 is 26.8 Å². The third kappa shape index (κ3) is 25.4. The first-order chi connectivity index (χ1) is 60.4. The molecule has 1 unspecified atom stereocenters. The van der Waals surface area contributed by atoms with E-state index in [1.807, 2.05) is 0 Å². The fourth-order valence-corrected chi connectivity index (χ4v) is 16.6. The molecule has 9 saturated heterocycles. The van der Waals surface area contributed by atoms with Gasteiger partial charge in [-0.3, -0.25) is 33.1 Å². The highest BCUT2D eigenvalue weighted by Crippen LogP contribution is 2.43. The normalized spacial score (nSPS) is 44.7. The highest BCUT2D eigenvalue weighted by molar-refractivity contribution is 7.81. The van der Waals surface area contributed by atoms with Crippen molar-refractivity contribution < 1.29 is 266 Å². The van der Waals surface area contributed by atoms with Crippen molar-refractivity contribution in [2.75, 3.05) is 59.5 Å². The standard InChI is InChI=1S/C67H111N5O55S2/c1-16(80)68-31-21(85)6-67(66(101)102,126-53(31)36(87)22(86)7-73)127-57-41(92)27(12-78)115-65(48(57)99)121-51-30(15-110-129(106,107)108)118-61(34(44(51)95)71-19(4)83)125-55-39(90)25(10-76)113-63(46(55)97)120-50-29(14-109-128(103,104)105)117-60(33(43(50)94)70-18(3)82)124-54-38(89)24(9-75)112-62(45(54)96)119-49-28(13-79)116-59(32(42(49)93)69-17(2)81)123-56-40(91)26(11-77)114-64(47(56)98)122-52-35(72-20(5)84)58(100)111-23(8-74)37(52)88/h21-65,73-79,85-100H,6-15H2,1-5H3,(H,68,80)(H,69,81)(H,70,82)(H,71,83)(H,72,84)(H,101,102)(H,103,104,105)(H,106,107,108)/t21-,22+,23+,24+,25+,26+,27+,28+,29+,30+,31+,32+,33+,34+,35+,36+,37-,38-,39-,40-,41-,42+,43+,44+,45+,46+,47+,48+,49+,50+,51+,52+,53+,54-,55-,56-,57-,58?,59-,60-,61-,62-,63-,64-,65-,67-/m0/s1. The van der Waals surface area contributed by atoms with E-state index in [0.29, 0.717) is 0 Å². The van der Waals surface area contributed by atoms with Crippen LogP contribution in [0.4, 0.5) is 0 Å². The molecule has 46 atom stereocenters. The van der Waals surface area contributed by atoms with Gasteiger partial charge in [0.2, 0.25) is 29.5 Å². The molecule has 746 valence electrons. The molecule has 5 amide bonds. The quantitative estimate of drug-likeness (QED) is 0.0257. The van der Waals surface area contributed by atoms with Gasteiger partial charge in [-0.05, 0) is 0 Å². The van der Waals surface area contributed by atoms with E-state index in [1.165, 1.54) is 0 Å². The maximum atomic E-state index is 13.2. The molecule has 9 aliphatic heterocycles. The van der Waals surface area contributed by atoms with Crippen molar-refractivity contribution in [1.82, 2.24) is 26.6 Å². The molecule has 62 heteroatoms. The van der Waals surface area contributed by atoms with Crippen LogP contribution in [0.5, 0.6) is 0 Å². The summed E-state index contributed by atoms with van der Waals surface area (Å²) in [6.07, 6.45) is -92.2. The van der Waals surface area contributed by atoms with E-state index in [0.717, 1.165) is 34.6 Å². The number of nitrogens with one attached hydrogen (secondary N) is 5. The Balaban J connectivity index is 0.959. The lowest BCUT2D eigenvalue weighted by atomic mass is 9.88. The molecule has 0 saturated carbocycles. The smallest absolute Gasteiger partial charge is 0.397 e. The molecule has 0 aromatic rings. The fourth-order valence-electron chi connectivity index (χ4n) is 16.0. The Morgan fingerprint density at radius 3 is 0.938 bits per heavy atom. The lowest BCUT2D eigenvalue weighted by molar-refractivity contribution is -0.392. The molecule has 0 aromatic heterocycles. The predicted octanol–water partition coefficient (Wildman–Crippen LogP) is -21.0. The number of aliphatic hydroxyl groups excluding tert-OH is 23. The van der Waals surface area contributed by atoms with Gasteiger partial charge < -0.3 is 230 Å². The summed E-state index contributed by atoms with van der Waals surface area (Å²) >= 11 is 0. The van der Waals surface area contributed by atoms with E-state index in [4.69, 9.17) is 80.5 Å². The number of aliphatic carboxylic acids is 1. The number of carbonyl (C=O) groups excluding carboxylic acids is 5. The Bertz CT molecular complexity index is 3900. The summed E-state index contributed by atoms with van der Waals surface area (Å²) in [7, 11) is -11.3. The van der Waals surface area contributed by atoms with Crippen LogP contribution in [0.1, 0.15) is 41.0 Å². The predicted molar refractivity (Wildman–Crippen MR) is 393 cm³/mol. The van der Waals surface area contributed by atoms with Crippen molar-refractivity contribution in [1.29, 1.82) is 0 Å². The van der Waals surface area contributed by atoms with Crippen molar-refractivity contribution in [3.05, 3.63) is 0 Å². The fraction of sp³-hybridized carbons (Fsp3) is 0.910. The van der Waals surface area contributed by atoms with Crippen LogP contribution in [-0.4, -0.2) is 525 Å². The number of carboxylic acid groups (broad SMARTS) is 1. The first-order valence-electron chi connectivity index (χ1n) is 39.6. The Hall–Kier alpha value is -5.04. The number of hydrogen-bond donors (Lipinski definition) is 31. The molecule has 129 heavy (non-hydrogen) atoms. The zero-order chi connectivity index (χ0) is 96.0. The lowest BCUT2D eigenvalue weighted by Gasteiger charge is -2.51. The van der Waals surface area contributed by atoms with E-state index in [-0.39, 0.29) is 0 Å². The van der Waals surface area contributed by atoms with Crippen LogP contribution in [0.25, 0.3) is 0 Å². The third-order valence-corrected chi connectivity index (χ3v) is 23.0. The average molecular weight is 1930 g/mol. The van der Waals surface area contributed by atoms with Crippen LogP contribution >= 0.6 is 0 Å². The summed E-state index contributed by atoms with van der Waals surface area (Å²) in [6.45, 7) is -7.10. The average Bonchev–Trinajstić information content (AvgIpc) is 0.760. The van der Waals surface area contributed by atoms with Crippen LogP contribution in [-0.2, 0) is 138 Å². The zero-order valence-corrected chi connectivity index (χ0v) is 70.0. The Labute approximate surface area is 728 Å². The molecule has 0 spiro atoms. The molecule has 60 nitrogen and oxygen atoms in total. The van der Waals surface area contributed by atoms with E-state index in [1.54, 1.807) is 0 Å². The molecular formula is C67H111N5O55S2. The van der Waals surface area contributed by atoms with E-state index < -0.39 is 404 Å². The highest BCUT2D eigenvalue weighted by atomic mass is 32.3. The Kier molecular flexibility index (Phi) is 38.2. The Morgan fingerprint density at radius 2 is 0.620 bits per heavy atom. The molecule has 9 aliphatic rings. The lowest BCUT2D eigenvalue weighted by Crippen LogP contribution is -2.71. The summed E-state index contributed by atoms with van der Waals surface area (Å²) in [6, 6.07) is -9.92. The molecule has 0 aliphatic carbocycles. The first-order valence-corrected chi connectivity index (χ1v) is 42.3. The van der Waals surface area contributed by atoms with Gasteiger partial charge in [0, 0.05) is 41.0 Å². The minimum Gasteiger partial charge on any atom is -0.477 e. The maximum absolute atomic E-state index is 13.2. The van der Waals surface area contributed by atoms with Gasteiger partial charge in [0.15, 0.2) is 50.3 Å². The minimum atomic E-state index is -5.65. The minimum absolute atomic E-state index is 0.793. The van der Waals surface area contributed by atoms with E-state index >= 15 is 0 Å². The van der Waals surface area contributed by atoms with Crippen LogP contribution in [0.2, 0.25) is 0 Å². The zero-order valence-electron chi connectivity index (χ0n) is 68.3. The van der Waals surface area contributed by atoms with Crippen LogP contribution in [0, 0.1) is 0 Å². The summed E-state index contributed by atoms with van der Waals surface area (Å²) < 4.78 is 177.